The SMILES string of the molecule is Cc1ncsc1-c1ccc(CNC(=O)C2C(F)C(O)CN2C(=O)[C@@H](NC(=O)C2(C#N)CC2)C(C)(C)C)cc1. The van der Waals surface area contributed by atoms with Gasteiger partial charge < -0.3 is 20.6 Å². The molecule has 1 aromatic heterocycles. The molecule has 202 valence electrons. The van der Waals surface area contributed by atoms with E-state index in [2.05, 4.69) is 15.6 Å². The van der Waals surface area contributed by atoms with Gasteiger partial charge in [0.1, 0.15) is 23.6 Å². The molecular weight excluding hydrogens is 509 g/mol. The molecule has 1 aromatic carbocycles. The Balaban J connectivity index is 1.46. The Bertz CT molecular complexity index is 1260. The van der Waals surface area contributed by atoms with Crippen LogP contribution in [0, 0.1) is 29.1 Å². The molecule has 3 N–H and O–H groups in total. The van der Waals surface area contributed by atoms with Crippen LogP contribution in [0.15, 0.2) is 29.8 Å². The third kappa shape index (κ3) is 5.42. The van der Waals surface area contributed by atoms with Gasteiger partial charge in [0.25, 0.3) is 0 Å². The molecule has 4 atom stereocenters. The quantitative estimate of drug-likeness (QED) is 0.493. The number of hydrogen-bond acceptors (Lipinski definition) is 7. The number of nitrogens with zero attached hydrogens (tertiary/aromatic N) is 3. The summed E-state index contributed by atoms with van der Waals surface area (Å²) in [6.45, 7) is 6.84. The summed E-state index contributed by atoms with van der Waals surface area (Å²) in [6, 6.07) is 6.87. The van der Waals surface area contributed by atoms with Gasteiger partial charge in [-0.2, -0.15) is 5.26 Å². The molecule has 2 aromatic rings. The summed E-state index contributed by atoms with van der Waals surface area (Å²) in [5.74, 6) is -1.97. The molecule has 4 rings (SSSR count). The van der Waals surface area contributed by atoms with Crippen molar-refractivity contribution in [3.05, 3.63) is 41.0 Å². The number of carbonyl (C=O) groups excluding carboxylic acids is 3. The predicted octanol–water partition coefficient (Wildman–Crippen LogP) is 2.48. The van der Waals surface area contributed by atoms with Gasteiger partial charge in [0.2, 0.25) is 17.7 Å². The van der Waals surface area contributed by atoms with Crippen LogP contribution in [0.5, 0.6) is 0 Å². The van der Waals surface area contributed by atoms with Crippen LogP contribution in [0.25, 0.3) is 10.4 Å². The number of aliphatic hydroxyl groups excluding tert-OH is 1. The van der Waals surface area contributed by atoms with Crippen LogP contribution in [0.1, 0.15) is 44.9 Å². The Hall–Kier alpha value is -3.36. The van der Waals surface area contributed by atoms with Crippen molar-refractivity contribution in [3.8, 4) is 16.5 Å². The summed E-state index contributed by atoms with van der Waals surface area (Å²) < 4.78 is 15.1. The number of likely N-dealkylation sites (tertiary alicyclic amines) is 1. The van der Waals surface area contributed by atoms with E-state index in [1.165, 1.54) is 11.3 Å². The monoisotopic (exact) mass is 541 g/mol. The van der Waals surface area contributed by atoms with Gasteiger partial charge in [0.15, 0.2) is 6.17 Å². The molecule has 0 spiro atoms. The highest BCUT2D eigenvalue weighted by atomic mass is 32.1. The molecular formula is C27H32FN5O4S. The molecule has 38 heavy (non-hydrogen) atoms. The van der Waals surface area contributed by atoms with E-state index in [1.54, 1.807) is 26.3 Å². The number of aryl methyl sites for hydroxylation is 1. The molecule has 1 aliphatic carbocycles. The average molecular weight is 542 g/mol. The van der Waals surface area contributed by atoms with Gasteiger partial charge in [0.05, 0.1) is 28.7 Å². The van der Waals surface area contributed by atoms with Crippen molar-refractivity contribution in [2.45, 2.75) is 71.4 Å². The van der Waals surface area contributed by atoms with Gasteiger partial charge in [-0.3, -0.25) is 14.4 Å². The summed E-state index contributed by atoms with van der Waals surface area (Å²) in [7, 11) is 0. The Morgan fingerprint density at radius 3 is 2.47 bits per heavy atom. The molecule has 1 saturated heterocycles. The van der Waals surface area contributed by atoms with Crippen molar-refractivity contribution in [3.63, 3.8) is 0 Å². The molecule has 0 radical (unpaired) electrons. The number of β-amino-alcohol motifs (C(OH)–C–C–N with tert-alkyl or cyclic N) is 1. The number of nitriles is 1. The first-order valence-corrected chi connectivity index (χ1v) is 13.4. The highest BCUT2D eigenvalue weighted by Gasteiger charge is 2.54. The highest BCUT2D eigenvalue weighted by Crippen LogP contribution is 2.45. The van der Waals surface area contributed by atoms with Gasteiger partial charge in [-0.15, -0.1) is 11.3 Å². The van der Waals surface area contributed by atoms with Gasteiger partial charge in [-0.05, 0) is 36.3 Å². The fourth-order valence-electron chi connectivity index (χ4n) is 4.56. The Labute approximate surface area is 225 Å². The number of amides is 3. The number of alkyl halides is 1. The lowest BCUT2D eigenvalue weighted by atomic mass is 9.85. The van der Waals surface area contributed by atoms with Gasteiger partial charge in [0, 0.05) is 6.54 Å². The largest absolute Gasteiger partial charge is 0.388 e. The molecule has 11 heteroatoms. The van der Waals surface area contributed by atoms with Crippen molar-refractivity contribution in [2.75, 3.05) is 6.54 Å². The van der Waals surface area contributed by atoms with Crippen LogP contribution in [0.4, 0.5) is 4.39 Å². The second kappa shape index (κ2) is 10.4. The number of thiazole rings is 1. The first-order valence-electron chi connectivity index (χ1n) is 12.5. The molecule has 2 fully saturated rings. The predicted molar refractivity (Wildman–Crippen MR) is 139 cm³/mol. The summed E-state index contributed by atoms with van der Waals surface area (Å²) >= 11 is 1.53. The molecule has 0 bridgehead atoms. The van der Waals surface area contributed by atoms with Crippen molar-refractivity contribution in [1.82, 2.24) is 20.5 Å². The standard InChI is InChI=1S/C27H32FN5O4S/c1-15-21(38-14-31-15)17-7-5-16(6-8-17)11-30-23(35)20-19(28)18(34)12-33(20)24(36)22(26(2,3)4)32-25(37)27(13-29)9-10-27/h5-8,14,18-20,22,34H,9-12H2,1-4H3,(H,30,35)(H,32,37)/t18?,19?,20?,22-/m1/s1. The average Bonchev–Trinajstić information content (AvgIpc) is 3.48. The molecule has 2 heterocycles. The van der Waals surface area contributed by atoms with Crippen LogP contribution >= 0.6 is 11.3 Å². The van der Waals surface area contributed by atoms with E-state index < -0.39 is 52.9 Å². The first kappa shape index (κ1) is 27.7. The summed E-state index contributed by atoms with van der Waals surface area (Å²) in [5.41, 5.74) is 2.54. The number of halogens is 1. The molecule has 1 aliphatic heterocycles. The van der Waals surface area contributed by atoms with E-state index in [0.29, 0.717) is 12.8 Å². The second-order valence-corrected chi connectivity index (χ2v) is 12.0. The van der Waals surface area contributed by atoms with Gasteiger partial charge >= 0.3 is 0 Å². The van der Waals surface area contributed by atoms with Gasteiger partial charge in [-0.1, -0.05) is 45.0 Å². The zero-order chi connectivity index (χ0) is 27.8. The van der Waals surface area contributed by atoms with E-state index in [-0.39, 0.29) is 13.1 Å². The third-order valence-corrected chi connectivity index (χ3v) is 8.13. The van der Waals surface area contributed by atoms with Crippen LogP contribution < -0.4 is 10.6 Å². The fraction of sp³-hybridized carbons (Fsp3) is 0.519. The molecule has 3 unspecified atom stereocenters. The number of hydrogen-bond donors (Lipinski definition) is 3. The maximum atomic E-state index is 15.1. The number of benzene rings is 1. The number of carbonyl (C=O) groups is 3. The van der Waals surface area contributed by atoms with E-state index >= 15 is 4.39 Å². The Morgan fingerprint density at radius 1 is 1.29 bits per heavy atom. The summed E-state index contributed by atoms with van der Waals surface area (Å²) in [5, 5.41) is 24.9. The first-order chi connectivity index (χ1) is 17.9. The van der Waals surface area contributed by atoms with E-state index in [9.17, 15) is 24.8 Å². The lowest BCUT2D eigenvalue weighted by Crippen LogP contribution is -2.59. The topological polar surface area (TPSA) is 135 Å². The minimum atomic E-state index is -1.99. The van der Waals surface area contributed by atoms with Crippen LogP contribution in [-0.4, -0.2) is 63.6 Å². The zero-order valence-corrected chi connectivity index (χ0v) is 22.6. The van der Waals surface area contributed by atoms with Crippen LogP contribution in [0.2, 0.25) is 0 Å². The normalized spacial score (nSPS) is 22.9. The minimum Gasteiger partial charge on any atom is -0.388 e. The second-order valence-electron chi connectivity index (χ2n) is 11.1. The number of rotatable bonds is 7. The van der Waals surface area contributed by atoms with Crippen molar-refractivity contribution in [1.29, 1.82) is 5.26 Å². The maximum Gasteiger partial charge on any atom is 0.246 e. The van der Waals surface area contributed by atoms with Crippen molar-refractivity contribution < 1.29 is 23.9 Å². The molecule has 1 saturated carbocycles. The van der Waals surface area contributed by atoms with Crippen LogP contribution in [0.3, 0.4) is 0 Å². The zero-order valence-electron chi connectivity index (χ0n) is 21.8. The summed E-state index contributed by atoms with van der Waals surface area (Å²) in [4.78, 5) is 45.7. The van der Waals surface area contributed by atoms with Crippen LogP contribution in [-0.2, 0) is 20.9 Å². The van der Waals surface area contributed by atoms with E-state index in [1.807, 2.05) is 37.3 Å². The number of aliphatic hydroxyl groups is 1. The van der Waals surface area contributed by atoms with Crippen molar-refractivity contribution in [2.24, 2.45) is 10.8 Å². The minimum absolute atomic E-state index is 0.103. The van der Waals surface area contributed by atoms with Gasteiger partial charge in [-0.25, -0.2) is 9.37 Å². The number of aromatic nitrogens is 1. The molecule has 3 amide bonds. The summed E-state index contributed by atoms with van der Waals surface area (Å²) in [6.07, 6.45) is -2.71. The molecule has 2 aliphatic rings. The highest BCUT2D eigenvalue weighted by molar-refractivity contribution is 7.13. The fourth-order valence-corrected chi connectivity index (χ4v) is 5.37. The third-order valence-electron chi connectivity index (χ3n) is 7.16. The smallest absolute Gasteiger partial charge is 0.246 e. The van der Waals surface area contributed by atoms with Crippen molar-refractivity contribution >= 4 is 29.1 Å². The van der Waals surface area contributed by atoms with E-state index in [0.717, 1.165) is 26.6 Å². The lowest BCUT2D eigenvalue weighted by molar-refractivity contribution is -0.145. The number of nitrogens with one attached hydrogen (secondary N) is 2. The Kier molecular flexibility index (Phi) is 7.59. The lowest BCUT2D eigenvalue weighted by Gasteiger charge is -2.35. The Morgan fingerprint density at radius 2 is 1.95 bits per heavy atom. The molecule has 9 nitrogen and oxygen atoms in total. The van der Waals surface area contributed by atoms with E-state index in [4.69, 9.17) is 0 Å². The maximum absolute atomic E-state index is 15.1.